The van der Waals surface area contributed by atoms with Crippen LogP contribution in [0, 0.1) is 16.7 Å². The Hall–Kier alpha value is -3.59. The lowest BCUT2D eigenvalue weighted by Crippen LogP contribution is -2.04. The van der Waals surface area contributed by atoms with Gasteiger partial charge in [-0.25, -0.2) is 0 Å². The van der Waals surface area contributed by atoms with Crippen molar-refractivity contribution in [3.8, 4) is 11.8 Å². The van der Waals surface area contributed by atoms with Crippen molar-refractivity contribution in [1.29, 1.82) is 10.7 Å². The molecule has 1 saturated carbocycles. The summed E-state index contributed by atoms with van der Waals surface area (Å²) in [5.74, 6) is 0.182. The largest absolute Gasteiger partial charge is 0.508 e. The van der Waals surface area contributed by atoms with Crippen LogP contribution in [0.1, 0.15) is 66.8 Å². The molecule has 0 unspecified atom stereocenters. The van der Waals surface area contributed by atoms with E-state index in [2.05, 4.69) is 22.6 Å². The van der Waals surface area contributed by atoms with Crippen LogP contribution >= 0.6 is 0 Å². The minimum absolute atomic E-state index is 0.182. The van der Waals surface area contributed by atoms with Crippen molar-refractivity contribution < 1.29 is 5.11 Å². The summed E-state index contributed by atoms with van der Waals surface area (Å²) in [6.45, 7) is 0. The molecule has 1 fully saturated rings. The third-order valence-electron chi connectivity index (χ3n) is 6.25. The van der Waals surface area contributed by atoms with Gasteiger partial charge in [0.1, 0.15) is 5.75 Å². The highest BCUT2D eigenvalue weighted by atomic mass is 16.3. The highest BCUT2D eigenvalue weighted by Crippen LogP contribution is 2.30. The molecule has 0 atom stereocenters. The lowest BCUT2D eigenvalue weighted by molar-refractivity contribution is 0.467. The summed E-state index contributed by atoms with van der Waals surface area (Å²) in [5, 5.41) is 33.3. The monoisotopic (exact) mass is 427 g/mol. The van der Waals surface area contributed by atoms with Crippen LogP contribution in [0.3, 0.4) is 0 Å². The number of aryl methyl sites for hydroxylation is 2. The fraction of sp³-hybridized carbons (Fsp3) is 0.346. The van der Waals surface area contributed by atoms with Crippen molar-refractivity contribution in [3.63, 3.8) is 0 Å². The van der Waals surface area contributed by atoms with Crippen molar-refractivity contribution in [3.05, 3.63) is 71.0 Å². The first-order valence-electron chi connectivity index (χ1n) is 11.3. The molecule has 1 heterocycles. The number of aromatic hydroxyl groups is 1. The van der Waals surface area contributed by atoms with Gasteiger partial charge in [-0.15, -0.1) is 0 Å². The number of nitrogens with zero attached hydrogens (tertiary/aromatic N) is 3. The quantitative estimate of drug-likeness (QED) is 0.453. The van der Waals surface area contributed by atoms with E-state index in [-0.39, 0.29) is 5.75 Å². The number of hydrogen-bond donors (Lipinski definition) is 3. The highest BCUT2D eigenvalue weighted by molar-refractivity contribution is 5.87. The first kappa shape index (κ1) is 21.6. The highest BCUT2D eigenvalue weighted by Gasteiger charge is 2.17. The fourth-order valence-corrected chi connectivity index (χ4v) is 4.51. The molecule has 3 aromatic rings. The lowest BCUT2D eigenvalue weighted by atomic mass is 9.91. The van der Waals surface area contributed by atoms with Crippen LogP contribution in [0.2, 0.25) is 0 Å². The first-order chi connectivity index (χ1) is 15.7. The van der Waals surface area contributed by atoms with E-state index in [0.717, 1.165) is 23.2 Å². The van der Waals surface area contributed by atoms with Crippen LogP contribution in [0.4, 0.5) is 11.4 Å². The second-order valence-electron chi connectivity index (χ2n) is 8.49. The number of fused-ring (bicyclic) bond motifs is 1. The zero-order valence-electron chi connectivity index (χ0n) is 18.2. The molecule has 6 heteroatoms. The maximum Gasteiger partial charge on any atom is 0.117 e. The third kappa shape index (κ3) is 5.17. The molecular formula is C26H29N5O. The van der Waals surface area contributed by atoms with Crippen LogP contribution < -0.4 is 5.32 Å². The SMILES string of the molecule is N#Cc1ccc2c(c1)CCCC2.N=Cc1ccc(O)cc1Nc1cnn(C2CCCC2)c1. The van der Waals surface area contributed by atoms with Gasteiger partial charge in [-0.3, -0.25) is 4.68 Å². The second-order valence-corrected chi connectivity index (χ2v) is 8.49. The van der Waals surface area contributed by atoms with Crippen molar-refractivity contribution in [2.24, 2.45) is 0 Å². The van der Waals surface area contributed by atoms with Crippen molar-refractivity contribution in [2.45, 2.75) is 57.4 Å². The number of aromatic nitrogens is 2. The summed E-state index contributed by atoms with van der Waals surface area (Å²) in [7, 11) is 0. The zero-order valence-corrected chi connectivity index (χ0v) is 18.2. The van der Waals surface area contributed by atoms with Gasteiger partial charge in [-0.2, -0.15) is 10.4 Å². The Labute approximate surface area is 189 Å². The average molecular weight is 428 g/mol. The van der Waals surface area contributed by atoms with Crippen LogP contribution in [-0.4, -0.2) is 21.1 Å². The van der Waals surface area contributed by atoms with Gasteiger partial charge in [0.25, 0.3) is 0 Å². The molecule has 2 aromatic carbocycles. The van der Waals surface area contributed by atoms with Gasteiger partial charge < -0.3 is 15.8 Å². The predicted molar refractivity (Wildman–Crippen MR) is 127 cm³/mol. The average Bonchev–Trinajstić information content (AvgIpc) is 3.52. The van der Waals surface area contributed by atoms with Crippen LogP contribution in [0.5, 0.6) is 5.75 Å². The van der Waals surface area contributed by atoms with Crippen LogP contribution in [0.25, 0.3) is 0 Å². The Kier molecular flexibility index (Phi) is 6.86. The van der Waals surface area contributed by atoms with E-state index in [4.69, 9.17) is 10.7 Å². The van der Waals surface area contributed by atoms with Gasteiger partial charge in [0.05, 0.1) is 35.2 Å². The summed E-state index contributed by atoms with van der Waals surface area (Å²) >= 11 is 0. The second kappa shape index (κ2) is 10.1. The van der Waals surface area contributed by atoms with E-state index >= 15 is 0 Å². The Morgan fingerprint density at radius 3 is 2.59 bits per heavy atom. The minimum Gasteiger partial charge on any atom is -0.508 e. The fourth-order valence-electron chi connectivity index (χ4n) is 4.51. The number of anilines is 2. The minimum atomic E-state index is 0.182. The van der Waals surface area contributed by atoms with E-state index in [0.29, 0.717) is 11.7 Å². The van der Waals surface area contributed by atoms with Crippen molar-refractivity contribution >= 4 is 17.6 Å². The van der Waals surface area contributed by atoms with Gasteiger partial charge in [-0.1, -0.05) is 18.9 Å². The van der Waals surface area contributed by atoms with E-state index in [1.54, 1.807) is 24.4 Å². The summed E-state index contributed by atoms with van der Waals surface area (Å²) in [6, 6.07) is 13.7. The van der Waals surface area contributed by atoms with E-state index < -0.39 is 0 Å². The number of benzene rings is 2. The first-order valence-corrected chi connectivity index (χ1v) is 11.3. The Morgan fingerprint density at radius 1 is 1.06 bits per heavy atom. The molecule has 3 N–H and O–H groups in total. The Bertz CT molecular complexity index is 1120. The smallest absolute Gasteiger partial charge is 0.117 e. The van der Waals surface area contributed by atoms with E-state index in [1.807, 2.05) is 23.0 Å². The van der Waals surface area contributed by atoms with Crippen molar-refractivity contribution in [1.82, 2.24) is 9.78 Å². The van der Waals surface area contributed by atoms with Gasteiger partial charge in [-0.05, 0) is 73.9 Å². The molecule has 2 aliphatic rings. The van der Waals surface area contributed by atoms with E-state index in [1.165, 1.54) is 62.3 Å². The summed E-state index contributed by atoms with van der Waals surface area (Å²) < 4.78 is 2.02. The lowest BCUT2D eigenvalue weighted by Gasteiger charge is -2.14. The van der Waals surface area contributed by atoms with E-state index in [9.17, 15) is 5.11 Å². The molecule has 164 valence electrons. The summed E-state index contributed by atoms with van der Waals surface area (Å²) in [6.07, 6.45) is 14.9. The maximum absolute atomic E-state index is 9.55. The molecule has 0 amide bonds. The predicted octanol–water partition coefficient (Wildman–Crippen LogP) is 5.88. The van der Waals surface area contributed by atoms with Gasteiger partial charge in [0.15, 0.2) is 0 Å². The number of hydrogen-bond acceptors (Lipinski definition) is 5. The zero-order chi connectivity index (χ0) is 22.3. The molecule has 0 saturated heterocycles. The van der Waals surface area contributed by atoms with Gasteiger partial charge in [0.2, 0.25) is 0 Å². The summed E-state index contributed by atoms with van der Waals surface area (Å²) in [5.41, 5.74) is 5.96. The number of phenols is 1. The number of rotatable bonds is 4. The topological polar surface area (TPSA) is 97.7 Å². The molecule has 0 radical (unpaired) electrons. The molecule has 6 nitrogen and oxygen atoms in total. The Morgan fingerprint density at radius 2 is 1.84 bits per heavy atom. The molecular weight excluding hydrogens is 398 g/mol. The number of nitriles is 1. The molecule has 5 rings (SSSR count). The van der Waals surface area contributed by atoms with Gasteiger partial charge in [0, 0.05) is 24.0 Å². The number of phenolic OH excluding ortho intramolecular Hbond substituents is 1. The third-order valence-corrected chi connectivity index (χ3v) is 6.25. The van der Waals surface area contributed by atoms with Crippen molar-refractivity contribution in [2.75, 3.05) is 5.32 Å². The number of nitrogens with one attached hydrogen (secondary N) is 2. The normalized spacial score (nSPS) is 15.2. The standard InChI is InChI=1S/C15H18N4O.C11H11N/c16-8-11-5-6-14(20)7-15(11)18-12-9-17-19(10-12)13-3-1-2-4-13;12-8-9-5-6-10-3-1-2-4-11(10)7-9/h5-10,13,16,18,20H,1-4H2;5-7H,1-4H2. The van der Waals surface area contributed by atoms with Crippen LogP contribution in [-0.2, 0) is 12.8 Å². The molecule has 0 bridgehead atoms. The van der Waals surface area contributed by atoms with Crippen LogP contribution in [0.15, 0.2) is 48.8 Å². The molecule has 0 spiro atoms. The molecule has 32 heavy (non-hydrogen) atoms. The van der Waals surface area contributed by atoms with Gasteiger partial charge >= 0.3 is 0 Å². The summed E-state index contributed by atoms with van der Waals surface area (Å²) in [4.78, 5) is 0. The molecule has 0 aliphatic heterocycles. The molecule has 2 aliphatic carbocycles. The molecule has 1 aromatic heterocycles. The maximum atomic E-state index is 9.55. The Balaban J connectivity index is 0.000000174.